The highest BCUT2D eigenvalue weighted by Gasteiger charge is 2.10. The van der Waals surface area contributed by atoms with Gasteiger partial charge in [0.25, 0.3) is 5.56 Å². The van der Waals surface area contributed by atoms with Crippen LogP contribution in [0.5, 0.6) is 0 Å². The SMILES string of the molecule is O=C(CCn1ccc(=O)[nH]c1=O)Nc1ccc(CN2CCCCC2)cc1. The van der Waals surface area contributed by atoms with Gasteiger partial charge in [0.05, 0.1) is 0 Å². The Morgan fingerprint density at radius 1 is 1.04 bits per heavy atom. The first-order chi connectivity index (χ1) is 12.6. The number of amides is 1. The fraction of sp³-hybridized carbons (Fsp3) is 0.421. The van der Waals surface area contributed by atoms with Gasteiger partial charge in [0, 0.05) is 37.5 Å². The summed E-state index contributed by atoms with van der Waals surface area (Å²) in [6.45, 7) is 3.48. The number of nitrogens with one attached hydrogen (secondary N) is 2. The van der Waals surface area contributed by atoms with Gasteiger partial charge in [-0.2, -0.15) is 0 Å². The van der Waals surface area contributed by atoms with Crippen molar-refractivity contribution in [3.8, 4) is 0 Å². The molecule has 3 rings (SSSR count). The van der Waals surface area contributed by atoms with Gasteiger partial charge < -0.3 is 9.88 Å². The lowest BCUT2D eigenvalue weighted by Gasteiger charge is -2.26. The molecule has 1 amide bonds. The maximum Gasteiger partial charge on any atom is 0.328 e. The zero-order chi connectivity index (χ0) is 18.4. The van der Waals surface area contributed by atoms with Gasteiger partial charge in [-0.25, -0.2) is 4.79 Å². The number of hydrogen-bond acceptors (Lipinski definition) is 4. The molecule has 26 heavy (non-hydrogen) atoms. The number of nitrogens with zero attached hydrogens (tertiary/aromatic N) is 2. The number of rotatable bonds is 6. The van der Waals surface area contributed by atoms with Gasteiger partial charge in [-0.1, -0.05) is 18.6 Å². The first kappa shape index (κ1) is 18.1. The van der Waals surface area contributed by atoms with Crippen LogP contribution in [0.25, 0.3) is 0 Å². The molecule has 7 nitrogen and oxygen atoms in total. The monoisotopic (exact) mass is 356 g/mol. The second-order valence-corrected chi connectivity index (χ2v) is 6.64. The van der Waals surface area contributed by atoms with Gasteiger partial charge in [-0.15, -0.1) is 0 Å². The van der Waals surface area contributed by atoms with E-state index >= 15 is 0 Å². The topological polar surface area (TPSA) is 87.2 Å². The van der Waals surface area contributed by atoms with Crippen molar-refractivity contribution in [1.29, 1.82) is 0 Å². The molecule has 0 atom stereocenters. The number of aromatic amines is 1. The number of hydrogen-bond donors (Lipinski definition) is 2. The highest BCUT2D eigenvalue weighted by molar-refractivity contribution is 5.90. The molecule has 1 aromatic heterocycles. The molecule has 0 unspecified atom stereocenters. The summed E-state index contributed by atoms with van der Waals surface area (Å²) < 4.78 is 1.31. The quantitative estimate of drug-likeness (QED) is 0.822. The van der Waals surface area contributed by atoms with Crippen molar-refractivity contribution >= 4 is 11.6 Å². The van der Waals surface area contributed by atoms with E-state index in [1.807, 2.05) is 24.3 Å². The lowest BCUT2D eigenvalue weighted by Crippen LogP contribution is -2.29. The standard InChI is InChI=1S/C19H24N4O3/c24-17(8-12-23-13-9-18(25)21-19(23)26)20-16-6-4-15(5-7-16)14-22-10-2-1-3-11-22/h4-7,9,13H,1-3,8,10-12,14H2,(H,20,24)(H,21,25,26). The highest BCUT2D eigenvalue weighted by atomic mass is 16.2. The third kappa shape index (κ3) is 5.16. The maximum atomic E-state index is 12.1. The molecule has 1 aromatic carbocycles. The van der Waals surface area contributed by atoms with Crippen LogP contribution in [0.4, 0.5) is 5.69 Å². The van der Waals surface area contributed by atoms with E-state index in [1.165, 1.54) is 41.7 Å². The minimum absolute atomic E-state index is 0.154. The van der Waals surface area contributed by atoms with Crippen molar-refractivity contribution in [2.75, 3.05) is 18.4 Å². The summed E-state index contributed by atoms with van der Waals surface area (Å²) in [7, 11) is 0. The molecule has 0 spiro atoms. The summed E-state index contributed by atoms with van der Waals surface area (Å²) in [5.41, 5.74) is 1.03. The van der Waals surface area contributed by atoms with E-state index in [2.05, 4.69) is 15.2 Å². The number of anilines is 1. The third-order valence-electron chi connectivity index (χ3n) is 4.57. The Bertz CT molecular complexity index is 848. The summed E-state index contributed by atoms with van der Waals surface area (Å²) in [6.07, 6.45) is 5.41. The van der Waals surface area contributed by atoms with Gasteiger partial charge in [0.15, 0.2) is 0 Å². The van der Waals surface area contributed by atoms with E-state index in [9.17, 15) is 14.4 Å². The number of carbonyl (C=O) groups excluding carboxylic acids is 1. The number of carbonyl (C=O) groups is 1. The van der Waals surface area contributed by atoms with Crippen LogP contribution >= 0.6 is 0 Å². The zero-order valence-corrected chi connectivity index (χ0v) is 14.7. The molecule has 2 N–H and O–H groups in total. The Kier molecular flexibility index (Phi) is 6.01. The molecule has 0 radical (unpaired) electrons. The Hall–Kier alpha value is -2.67. The lowest BCUT2D eigenvalue weighted by molar-refractivity contribution is -0.116. The summed E-state index contributed by atoms with van der Waals surface area (Å²) in [4.78, 5) is 39.3. The van der Waals surface area contributed by atoms with E-state index in [1.54, 1.807) is 0 Å². The molecule has 1 fully saturated rings. The average molecular weight is 356 g/mol. The normalized spacial score (nSPS) is 14.9. The van der Waals surface area contributed by atoms with E-state index in [0.717, 1.165) is 25.3 Å². The first-order valence-electron chi connectivity index (χ1n) is 9.01. The lowest BCUT2D eigenvalue weighted by atomic mass is 10.1. The van der Waals surface area contributed by atoms with Crippen molar-refractivity contribution in [3.05, 3.63) is 62.9 Å². The van der Waals surface area contributed by atoms with E-state index in [4.69, 9.17) is 0 Å². The molecule has 0 saturated carbocycles. The molecule has 2 aromatic rings. The smallest absolute Gasteiger partial charge is 0.326 e. The van der Waals surface area contributed by atoms with Gasteiger partial charge in [-0.05, 0) is 43.6 Å². The van der Waals surface area contributed by atoms with Crippen LogP contribution in [0.15, 0.2) is 46.1 Å². The molecule has 1 saturated heterocycles. The molecule has 7 heteroatoms. The minimum Gasteiger partial charge on any atom is -0.326 e. The number of piperidine rings is 1. The van der Waals surface area contributed by atoms with Crippen LogP contribution in [-0.4, -0.2) is 33.4 Å². The number of aromatic nitrogens is 2. The van der Waals surface area contributed by atoms with Crippen LogP contribution in [0, 0.1) is 0 Å². The van der Waals surface area contributed by atoms with Gasteiger partial charge in [0.2, 0.25) is 5.91 Å². The van der Waals surface area contributed by atoms with Crippen LogP contribution < -0.4 is 16.6 Å². The fourth-order valence-electron chi connectivity index (χ4n) is 3.13. The highest BCUT2D eigenvalue weighted by Crippen LogP contribution is 2.15. The molecular formula is C19H24N4O3. The van der Waals surface area contributed by atoms with Crippen LogP contribution in [0.1, 0.15) is 31.2 Å². The Morgan fingerprint density at radius 2 is 1.77 bits per heavy atom. The zero-order valence-electron chi connectivity index (χ0n) is 14.7. The fourth-order valence-corrected chi connectivity index (χ4v) is 3.13. The van der Waals surface area contributed by atoms with Gasteiger partial charge >= 0.3 is 5.69 Å². The maximum absolute atomic E-state index is 12.1. The van der Waals surface area contributed by atoms with E-state index in [0.29, 0.717) is 0 Å². The Balaban J connectivity index is 1.49. The first-order valence-corrected chi connectivity index (χ1v) is 9.01. The van der Waals surface area contributed by atoms with Gasteiger partial charge in [0.1, 0.15) is 0 Å². The van der Waals surface area contributed by atoms with Crippen molar-refractivity contribution in [2.24, 2.45) is 0 Å². The van der Waals surface area contributed by atoms with Crippen LogP contribution in [0.2, 0.25) is 0 Å². The third-order valence-corrected chi connectivity index (χ3v) is 4.57. The van der Waals surface area contributed by atoms with Crippen LogP contribution in [-0.2, 0) is 17.9 Å². The number of benzene rings is 1. The summed E-state index contributed by atoms with van der Waals surface area (Å²) >= 11 is 0. The van der Waals surface area contributed by atoms with Crippen molar-refractivity contribution in [2.45, 2.75) is 38.8 Å². The number of H-pyrrole nitrogens is 1. The minimum atomic E-state index is -0.507. The van der Waals surface area contributed by atoms with E-state index < -0.39 is 11.2 Å². The molecule has 1 aliphatic heterocycles. The number of likely N-dealkylation sites (tertiary alicyclic amines) is 1. The summed E-state index contributed by atoms with van der Waals surface area (Å²) in [5, 5.41) is 2.83. The van der Waals surface area contributed by atoms with E-state index in [-0.39, 0.29) is 18.9 Å². The molecule has 1 aliphatic rings. The number of aryl methyl sites for hydroxylation is 1. The molecule has 138 valence electrons. The summed E-state index contributed by atoms with van der Waals surface area (Å²) in [5.74, 6) is -0.174. The van der Waals surface area contributed by atoms with Crippen molar-refractivity contribution < 1.29 is 4.79 Å². The van der Waals surface area contributed by atoms with Crippen molar-refractivity contribution in [3.63, 3.8) is 0 Å². The molecular weight excluding hydrogens is 332 g/mol. The predicted molar refractivity (Wildman–Crippen MR) is 100 cm³/mol. The largest absolute Gasteiger partial charge is 0.328 e. The molecule has 0 bridgehead atoms. The molecule has 0 aliphatic carbocycles. The summed E-state index contributed by atoms with van der Waals surface area (Å²) in [6, 6.07) is 9.15. The average Bonchev–Trinajstić information content (AvgIpc) is 2.63. The Morgan fingerprint density at radius 3 is 2.46 bits per heavy atom. The Labute approximate surface area is 151 Å². The second-order valence-electron chi connectivity index (χ2n) is 6.64. The molecule has 2 heterocycles. The van der Waals surface area contributed by atoms with Gasteiger partial charge in [-0.3, -0.25) is 19.5 Å². The van der Waals surface area contributed by atoms with Crippen LogP contribution in [0.3, 0.4) is 0 Å². The second kappa shape index (κ2) is 8.62. The van der Waals surface area contributed by atoms with Crippen molar-refractivity contribution in [1.82, 2.24) is 14.5 Å². The predicted octanol–water partition coefficient (Wildman–Crippen LogP) is 1.55.